The first-order chi connectivity index (χ1) is 13.7. The SMILES string of the molecule is O=C1NC(=Nc2ccccc2)SC1=Cc1ccccc1Sc1ccc(Cl)cc1. The number of thioether (sulfide) groups is 1. The Hall–Kier alpha value is -2.47. The molecule has 0 atom stereocenters. The minimum Gasteiger partial charge on any atom is -0.300 e. The molecule has 4 rings (SSSR count). The smallest absolute Gasteiger partial charge is 0.264 e. The number of hydrogen-bond acceptors (Lipinski definition) is 4. The van der Waals surface area contributed by atoms with E-state index in [1.165, 1.54) is 11.8 Å². The Bertz CT molecular complexity index is 1060. The van der Waals surface area contributed by atoms with Crippen LogP contribution in [0, 0.1) is 0 Å². The van der Waals surface area contributed by atoms with Crippen LogP contribution >= 0.6 is 35.1 Å². The van der Waals surface area contributed by atoms with E-state index >= 15 is 0 Å². The number of carbonyl (C=O) groups is 1. The van der Waals surface area contributed by atoms with Gasteiger partial charge in [-0.3, -0.25) is 4.79 Å². The molecular formula is C22H15ClN2OS2. The molecule has 0 radical (unpaired) electrons. The van der Waals surface area contributed by atoms with Gasteiger partial charge in [0.1, 0.15) is 0 Å². The standard InChI is InChI=1S/C22H15ClN2OS2/c23-16-10-12-18(13-11-16)27-19-9-5-4-6-15(19)14-20-21(26)25-22(28-20)24-17-7-2-1-3-8-17/h1-14H,(H,24,25,26). The van der Waals surface area contributed by atoms with E-state index in [0.29, 0.717) is 15.1 Å². The van der Waals surface area contributed by atoms with Crippen LogP contribution in [0.5, 0.6) is 0 Å². The fourth-order valence-corrected chi connectivity index (χ4v) is 4.44. The predicted molar refractivity (Wildman–Crippen MR) is 119 cm³/mol. The maximum atomic E-state index is 12.4. The highest BCUT2D eigenvalue weighted by Crippen LogP contribution is 2.34. The second-order valence-corrected chi connectivity index (χ2v) is 8.49. The minimum absolute atomic E-state index is 0.133. The predicted octanol–water partition coefficient (Wildman–Crippen LogP) is 6.38. The van der Waals surface area contributed by atoms with Gasteiger partial charge in [-0.2, -0.15) is 0 Å². The fourth-order valence-electron chi connectivity index (χ4n) is 2.56. The summed E-state index contributed by atoms with van der Waals surface area (Å²) in [5.41, 5.74) is 1.80. The molecule has 1 saturated heterocycles. The number of amidine groups is 1. The van der Waals surface area contributed by atoms with Crippen LogP contribution in [-0.2, 0) is 4.79 Å². The Morgan fingerprint density at radius 3 is 2.43 bits per heavy atom. The third-order valence-corrected chi connectivity index (χ3v) is 6.15. The van der Waals surface area contributed by atoms with Crippen molar-refractivity contribution in [1.82, 2.24) is 5.32 Å². The van der Waals surface area contributed by atoms with E-state index in [1.807, 2.05) is 84.9 Å². The lowest BCUT2D eigenvalue weighted by Crippen LogP contribution is -2.19. The summed E-state index contributed by atoms with van der Waals surface area (Å²) in [6.07, 6.45) is 1.91. The Morgan fingerprint density at radius 2 is 1.64 bits per heavy atom. The van der Waals surface area contributed by atoms with Crippen molar-refractivity contribution in [3.8, 4) is 0 Å². The fraction of sp³-hybridized carbons (Fsp3) is 0. The van der Waals surface area contributed by atoms with Crippen molar-refractivity contribution in [2.75, 3.05) is 0 Å². The summed E-state index contributed by atoms with van der Waals surface area (Å²) in [6, 6.07) is 25.3. The zero-order valence-corrected chi connectivity index (χ0v) is 17.0. The van der Waals surface area contributed by atoms with Crippen LogP contribution < -0.4 is 5.32 Å². The van der Waals surface area contributed by atoms with Gasteiger partial charge in [0.25, 0.3) is 5.91 Å². The summed E-state index contributed by atoms with van der Waals surface area (Å²) in [5.74, 6) is -0.133. The highest BCUT2D eigenvalue weighted by molar-refractivity contribution is 8.18. The van der Waals surface area contributed by atoms with Crippen molar-refractivity contribution in [2.45, 2.75) is 9.79 Å². The molecule has 6 heteroatoms. The molecular weight excluding hydrogens is 408 g/mol. The van der Waals surface area contributed by atoms with E-state index < -0.39 is 0 Å². The van der Waals surface area contributed by atoms with Gasteiger partial charge in [0, 0.05) is 14.8 Å². The lowest BCUT2D eigenvalue weighted by atomic mass is 10.2. The summed E-state index contributed by atoms with van der Waals surface area (Å²) in [4.78, 5) is 19.7. The number of aliphatic imine (C=N–C) groups is 1. The number of carbonyl (C=O) groups excluding carboxylic acids is 1. The van der Waals surface area contributed by atoms with Gasteiger partial charge in [0.05, 0.1) is 10.6 Å². The summed E-state index contributed by atoms with van der Waals surface area (Å²) in [5, 5.41) is 4.13. The molecule has 1 aliphatic rings. The maximum Gasteiger partial charge on any atom is 0.264 e. The van der Waals surface area contributed by atoms with E-state index in [1.54, 1.807) is 11.8 Å². The molecule has 0 unspecified atom stereocenters. The number of halogens is 1. The van der Waals surface area contributed by atoms with Crippen molar-refractivity contribution in [1.29, 1.82) is 0 Å². The van der Waals surface area contributed by atoms with Crippen molar-refractivity contribution >= 4 is 58.0 Å². The van der Waals surface area contributed by atoms with Crippen molar-refractivity contribution in [3.63, 3.8) is 0 Å². The van der Waals surface area contributed by atoms with Gasteiger partial charge in [-0.25, -0.2) is 4.99 Å². The average Bonchev–Trinajstić information content (AvgIpc) is 3.05. The highest BCUT2D eigenvalue weighted by Gasteiger charge is 2.24. The summed E-state index contributed by atoms with van der Waals surface area (Å²) in [6.45, 7) is 0. The maximum absolute atomic E-state index is 12.4. The monoisotopic (exact) mass is 422 g/mol. The summed E-state index contributed by atoms with van der Waals surface area (Å²) < 4.78 is 0. The normalized spacial score (nSPS) is 16.5. The van der Waals surface area contributed by atoms with E-state index in [0.717, 1.165) is 21.0 Å². The number of benzene rings is 3. The first kappa shape index (κ1) is 18.9. The molecule has 1 fully saturated rings. The number of para-hydroxylation sites is 1. The third-order valence-electron chi connectivity index (χ3n) is 3.88. The Labute approximate surface area is 176 Å². The number of hydrogen-bond donors (Lipinski definition) is 1. The first-order valence-corrected chi connectivity index (χ1v) is 10.6. The second kappa shape index (κ2) is 8.69. The molecule has 0 spiro atoms. The topological polar surface area (TPSA) is 41.5 Å². The van der Waals surface area contributed by atoms with Gasteiger partial charge >= 0.3 is 0 Å². The Morgan fingerprint density at radius 1 is 0.929 bits per heavy atom. The average molecular weight is 423 g/mol. The zero-order chi connectivity index (χ0) is 19.3. The molecule has 1 N–H and O–H groups in total. The van der Waals surface area contributed by atoms with Crippen molar-refractivity contribution in [3.05, 3.63) is 94.4 Å². The molecule has 0 aliphatic carbocycles. The van der Waals surface area contributed by atoms with Gasteiger partial charge in [-0.15, -0.1) is 0 Å². The van der Waals surface area contributed by atoms with Gasteiger partial charge in [0.15, 0.2) is 5.17 Å². The Kier molecular flexibility index (Phi) is 5.86. The van der Waals surface area contributed by atoms with E-state index in [-0.39, 0.29) is 5.91 Å². The first-order valence-electron chi connectivity index (χ1n) is 8.54. The van der Waals surface area contributed by atoms with Gasteiger partial charge < -0.3 is 5.32 Å². The molecule has 28 heavy (non-hydrogen) atoms. The minimum atomic E-state index is -0.133. The van der Waals surface area contributed by atoms with Gasteiger partial charge in [-0.1, -0.05) is 59.8 Å². The van der Waals surface area contributed by atoms with Crippen molar-refractivity contribution < 1.29 is 4.79 Å². The number of nitrogens with zero attached hydrogens (tertiary/aromatic N) is 1. The second-order valence-electron chi connectivity index (χ2n) is 5.91. The molecule has 3 aromatic carbocycles. The van der Waals surface area contributed by atoms with Gasteiger partial charge in [0.2, 0.25) is 0 Å². The van der Waals surface area contributed by atoms with E-state index in [9.17, 15) is 4.79 Å². The molecule has 0 aromatic heterocycles. The lowest BCUT2D eigenvalue weighted by molar-refractivity contribution is -0.115. The van der Waals surface area contributed by atoms with Crippen LogP contribution in [0.3, 0.4) is 0 Å². The molecule has 0 saturated carbocycles. The zero-order valence-electron chi connectivity index (χ0n) is 14.6. The molecule has 1 amide bonds. The molecule has 0 bridgehead atoms. The van der Waals surface area contributed by atoms with Crippen LogP contribution in [0.4, 0.5) is 5.69 Å². The van der Waals surface area contributed by atoms with Crippen LogP contribution in [0.15, 0.2) is 98.6 Å². The number of amides is 1. The summed E-state index contributed by atoms with van der Waals surface area (Å²) in [7, 11) is 0. The third kappa shape index (κ3) is 4.68. The van der Waals surface area contributed by atoms with E-state index in [4.69, 9.17) is 11.6 Å². The van der Waals surface area contributed by atoms with Crippen LogP contribution in [0.1, 0.15) is 5.56 Å². The molecule has 3 aromatic rings. The quantitative estimate of drug-likeness (QED) is 0.496. The largest absolute Gasteiger partial charge is 0.300 e. The molecule has 138 valence electrons. The summed E-state index contributed by atoms with van der Waals surface area (Å²) >= 11 is 8.96. The number of nitrogens with one attached hydrogen (secondary N) is 1. The molecule has 1 aliphatic heterocycles. The number of rotatable bonds is 4. The van der Waals surface area contributed by atoms with Crippen LogP contribution in [-0.4, -0.2) is 11.1 Å². The van der Waals surface area contributed by atoms with Crippen molar-refractivity contribution in [2.24, 2.45) is 4.99 Å². The van der Waals surface area contributed by atoms with Gasteiger partial charge in [-0.05, 0) is 65.9 Å². The van der Waals surface area contributed by atoms with E-state index in [2.05, 4.69) is 10.3 Å². The molecule has 3 nitrogen and oxygen atoms in total. The lowest BCUT2D eigenvalue weighted by Gasteiger charge is -2.06. The molecule has 1 heterocycles. The van der Waals surface area contributed by atoms with Crippen LogP contribution in [0.25, 0.3) is 6.08 Å². The highest BCUT2D eigenvalue weighted by atomic mass is 35.5. The van der Waals surface area contributed by atoms with Crippen LogP contribution in [0.2, 0.25) is 5.02 Å². The Balaban J connectivity index is 1.58.